The first-order valence-electron chi connectivity index (χ1n) is 7.24. The zero-order valence-electron chi connectivity index (χ0n) is 13.6. The Labute approximate surface area is 144 Å². The lowest BCUT2D eigenvalue weighted by Crippen LogP contribution is -1.95. The number of nitriles is 2. The molecule has 0 aliphatic heterocycles. The van der Waals surface area contributed by atoms with Crippen LogP contribution in [0.4, 0.5) is 11.4 Å². The second-order valence-corrected chi connectivity index (χ2v) is 5.32. The summed E-state index contributed by atoms with van der Waals surface area (Å²) in [4.78, 5) is 10.6. The molecular weight excluding hydrogens is 320 g/mol. The van der Waals surface area contributed by atoms with Crippen molar-refractivity contribution in [2.75, 3.05) is 5.32 Å². The van der Waals surface area contributed by atoms with Gasteiger partial charge in [-0.2, -0.15) is 10.5 Å². The van der Waals surface area contributed by atoms with Crippen LogP contribution in [0, 0.1) is 46.6 Å². The number of anilines is 1. The number of benzene rings is 2. The second kappa shape index (κ2) is 7.62. The first-order chi connectivity index (χ1) is 11.9. The minimum atomic E-state index is -0.543. The van der Waals surface area contributed by atoms with Crippen molar-refractivity contribution in [1.29, 1.82) is 10.5 Å². The van der Waals surface area contributed by atoms with Gasteiger partial charge in [-0.3, -0.25) is 10.1 Å². The van der Waals surface area contributed by atoms with Crippen LogP contribution in [0.1, 0.15) is 11.1 Å². The van der Waals surface area contributed by atoms with Crippen molar-refractivity contribution in [2.45, 2.75) is 13.8 Å². The summed E-state index contributed by atoms with van der Waals surface area (Å²) in [5.74, 6) is 0.833. The Morgan fingerprint density at radius 1 is 1.08 bits per heavy atom. The van der Waals surface area contributed by atoms with E-state index in [9.17, 15) is 10.1 Å². The van der Waals surface area contributed by atoms with Crippen molar-refractivity contribution in [3.8, 4) is 23.6 Å². The van der Waals surface area contributed by atoms with E-state index in [2.05, 4.69) is 5.32 Å². The van der Waals surface area contributed by atoms with Crippen LogP contribution < -0.4 is 10.1 Å². The second-order valence-electron chi connectivity index (χ2n) is 5.32. The fourth-order valence-corrected chi connectivity index (χ4v) is 2.20. The van der Waals surface area contributed by atoms with Gasteiger partial charge in [0.25, 0.3) is 5.69 Å². The van der Waals surface area contributed by atoms with Gasteiger partial charge in [0, 0.05) is 24.0 Å². The zero-order chi connectivity index (χ0) is 18.4. The van der Waals surface area contributed by atoms with E-state index in [-0.39, 0.29) is 17.0 Å². The maximum atomic E-state index is 11.1. The molecule has 7 heteroatoms. The largest absolute Gasteiger partial charge is 0.457 e. The highest BCUT2D eigenvalue weighted by atomic mass is 16.6. The molecule has 0 aromatic heterocycles. The maximum absolute atomic E-state index is 11.1. The van der Waals surface area contributed by atoms with Crippen LogP contribution in [-0.2, 0) is 0 Å². The van der Waals surface area contributed by atoms with E-state index in [1.165, 1.54) is 18.3 Å². The van der Waals surface area contributed by atoms with Crippen LogP contribution in [-0.4, -0.2) is 4.92 Å². The van der Waals surface area contributed by atoms with Crippen molar-refractivity contribution < 1.29 is 9.66 Å². The number of ether oxygens (including phenoxy) is 1. The van der Waals surface area contributed by atoms with Gasteiger partial charge in [0.15, 0.2) is 0 Å². The Kier molecular flexibility index (Phi) is 5.34. The molecule has 0 aliphatic rings. The average Bonchev–Trinajstić information content (AvgIpc) is 2.54. The molecule has 2 rings (SSSR count). The normalized spacial score (nSPS) is 9.44. The number of nitrogens with one attached hydrogen (secondary N) is 1. The lowest BCUT2D eigenvalue weighted by molar-refractivity contribution is -0.384. The highest BCUT2D eigenvalue weighted by Gasteiger charge is 2.11. The molecule has 0 radical (unpaired) electrons. The van der Waals surface area contributed by atoms with Crippen LogP contribution in [0.25, 0.3) is 0 Å². The molecule has 0 saturated carbocycles. The Morgan fingerprint density at radius 2 is 1.68 bits per heavy atom. The summed E-state index contributed by atoms with van der Waals surface area (Å²) in [6, 6.07) is 13.2. The Balaban J connectivity index is 2.37. The summed E-state index contributed by atoms with van der Waals surface area (Å²) < 4.78 is 5.74. The summed E-state index contributed by atoms with van der Waals surface area (Å²) in [5, 5.41) is 31.3. The maximum Gasteiger partial charge on any atom is 0.275 e. The van der Waals surface area contributed by atoms with Gasteiger partial charge in [-0.15, -0.1) is 0 Å². The van der Waals surface area contributed by atoms with Gasteiger partial charge in [0.2, 0.25) is 0 Å². The first kappa shape index (κ1) is 17.5. The minimum absolute atomic E-state index is 0.150. The minimum Gasteiger partial charge on any atom is -0.457 e. The molecule has 2 aromatic rings. The number of non-ortho nitro benzene ring substituents is 1. The molecule has 0 amide bonds. The molecule has 0 heterocycles. The predicted molar refractivity (Wildman–Crippen MR) is 92.0 cm³/mol. The van der Waals surface area contributed by atoms with E-state index in [0.717, 1.165) is 11.1 Å². The third kappa shape index (κ3) is 4.81. The first-order valence-corrected chi connectivity index (χ1v) is 7.24. The van der Waals surface area contributed by atoms with E-state index in [4.69, 9.17) is 15.3 Å². The number of nitro benzene ring substituents is 1. The molecule has 1 N–H and O–H groups in total. The molecule has 0 atom stereocenters. The molecule has 2 aromatic carbocycles. The third-order valence-electron chi connectivity index (χ3n) is 3.16. The van der Waals surface area contributed by atoms with E-state index < -0.39 is 4.92 Å². The number of nitrogens with zero attached hydrogens (tertiary/aromatic N) is 3. The molecule has 7 nitrogen and oxygen atoms in total. The van der Waals surface area contributed by atoms with Crippen molar-refractivity contribution in [2.24, 2.45) is 0 Å². The lowest BCUT2D eigenvalue weighted by Gasteiger charge is -2.10. The van der Waals surface area contributed by atoms with Gasteiger partial charge in [-0.25, -0.2) is 0 Å². The summed E-state index contributed by atoms with van der Waals surface area (Å²) in [7, 11) is 0. The van der Waals surface area contributed by atoms with Gasteiger partial charge >= 0.3 is 0 Å². The fraction of sp³-hybridized carbons (Fsp3) is 0.111. The average molecular weight is 334 g/mol. The van der Waals surface area contributed by atoms with Crippen LogP contribution in [0.15, 0.2) is 48.2 Å². The monoisotopic (exact) mass is 334 g/mol. The lowest BCUT2D eigenvalue weighted by atomic mass is 10.1. The SMILES string of the molecule is Cc1cc(C)cc(Oc2cc(NC=C(C#N)C#N)cc([N+](=O)[O-])c2)c1. The van der Waals surface area contributed by atoms with E-state index >= 15 is 0 Å². The molecule has 124 valence electrons. The molecule has 0 spiro atoms. The van der Waals surface area contributed by atoms with Crippen molar-refractivity contribution in [1.82, 2.24) is 0 Å². The number of aryl methyl sites for hydroxylation is 2. The van der Waals surface area contributed by atoms with Crippen LogP contribution in [0.5, 0.6) is 11.5 Å². The van der Waals surface area contributed by atoms with Gasteiger partial charge in [0.05, 0.1) is 11.0 Å². The van der Waals surface area contributed by atoms with Gasteiger partial charge in [-0.05, 0) is 37.1 Å². The zero-order valence-corrected chi connectivity index (χ0v) is 13.6. The van der Waals surface area contributed by atoms with Gasteiger partial charge in [-0.1, -0.05) is 6.07 Å². The third-order valence-corrected chi connectivity index (χ3v) is 3.16. The molecule has 25 heavy (non-hydrogen) atoms. The molecule has 0 aliphatic carbocycles. The highest BCUT2D eigenvalue weighted by molar-refractivity contribution is 5.59. The number of hydrogen-bond acceptors (Lipinski definition) is 6. The van der Waals surface area contributed by atoms with E-state index in [0.29, 0.717) is 11.4 Å². The van der Waals surface area contributed by atoms with Crippen molar-refractivity contribution in [3.05, 3.63) is 69.4 Å². The highest BCUT2D eigenvalue weighted by Crippen LogP contribution is 2.30. The summed E-state index contributed by atoms with van der Waals surface area (Å²) in [6.45, 7) is 3.85. The van der Waals surface area contributed by atoms with Gasteiger partial charge < -0.3 is 10.1 Å². The van der Waals surface area contributed by atoms with Crippen LogP contribution >= 0.6 is 0 Å². The molecule has 0 unspecified atom stereocenters. The Bertz CT molecular complexity index is 900. The summed E-state index contributed by atoms with van der Waals surface area (Å²) >= 11 is 0. The quantitative estimate of drug-likeness (QED) is 0.494. The Morgan fingerprint density at radius 3 is 2.24 bits per heavy atom. The van der Waals surface area contributed by atoms with Crippen LogP contribution in [0.2, 0.25) is 0 Å². The summed E-state index contributed by atoms with van der Waals surface area (Å²) in [5.41, 5.74) is 2.02. The smallest absolute Gasteiger partial charge is 0.275 e. The van der Waals surface area contributed by atoms with E-state index in [1.807, 2.05) is 32.0 Å². The van der Waals surface area contributed by atoms with Gasteiger partial charge in [0.1, 0.15) is 29.2 Å². The number of nitro groups is 1. The fourth-order valence-electron chi connectivity index (χ4n) is 2.20. The summed E-state index contributed by atoms with van der Waals surface area (Å²) in [6.07, 6.45) is 1.18. The Hall–Kier alpha value is -3.84. The number of hydrogen-bond donors (Lipinski definition) is 1. The standard InChI is InChI=1S/C18H14N4O3/c1-12-3-13(2)5-17(4-12)25-18-7-15(6-16(8-18)22(23)24)21-11-14(9-19)10-20/h3-8,11,21H,1-2H3. The molecule has 0 bridgehead atoms. The van der Waals surface area contributed by atoms with E-state index in [1.54, 1.807) is 18.2 Å². The molecular formula is C18H14N4O3. The molecule has 0 fully saturated rings. The molecule has 0 saturated heterocycles. The van der Waals surface area contributed by atoms with Crippen molar-refractivity contribution >= 4 is 11.4 Å². The predicted octanol–water partition coefficient (Wildman–Crippen LogP) is 4.35. The van der Waals surface area contributed by atoms with Crippen LogP contribution in [0.3, 0.4) is 0 Å². The van der Waals surface area contributed by atoms with Crippen molar-refractivity contribution in [3.63, 3.8) is 0 Å². The number of allylic oxidation sites excluding steroid dienone is 1. The number of rotatable bonds is 5. The topological polar surface area (TPSA) is 112 Å².